The van der Waals surface area contributed by atoms with Crippen LogP contribution in [0.25, 0.3) is 17.1 Å². The number of nitrogens with zero attached hydrogens (tertiary/aromatic N) is 6. The molecular formula is C25H20ClF7N6O4. The standard InChI is InChI=1S/C25H20ClF7N6O4/c1-12(43-13(2)40)21-34-20(35-39(21)18-8-7-16(27)9-17(18)24(28,29)30)11-38-23(42)37(10-19(41)25(31,32)33)22(36-38)14-3-5-15(26)6-4-14/h3-9,12,19,41H,10-11H2,1-2H3/t12?,19-/m0/s1. The summed E-state index contributed by atoms with van der Waals surface area (Å²) in [5.74, 6) is -3.02. The topological polar surface area (TPSA) is 117 Å². The number of ether oxygens (including phenoxy) is 1. The van der Waals surface area contributed by atoms with Crippen molar-refractivity contribution in [2.24, 2.45) is 0 Å². The minimum absolute atomic E-state index is 0.151. The fourth-order valence-corrected chi connectivity index (χ4v) is 4.16. The van der Waals surface area contributed by atoms with Gasteiger partial charge < -0.3 is 9.84 Å². The number of carbonyl (C=O) groups is 1. The number of hydrogen-bond acceptors (Lipinski definition) is 7. The van der Waals surface area contributed by atoms with Crippen LogP contribution in [0.15, 0.2) is 47.3 Å². The lowest BCUT2D eigenvalue weighted by atomic mass is 10.1. The molecule has 0 saturated heterocycles. The van der Waals surface area contributed by atoms with E-state index in [0.29, 0.717) is 13.9 Å². The van der Waals surface area contributed by atoms with Gasteiger partial charge in [-0.25, -0.2) is 23.5 Å². The summed E-state index contributed by atoms with van der Waals surface area (Å²) < 4.78 is 102. The summed E-state index contributed by atoms with van der Waals surface area (Å²) in [7, 11) is 0. The predicted octanol–water partition coefficient (Wildman–Crippen LogP) is 4.70. The van der Waals surface area contributed by atoms with E-state index in [-0.39, 0.29) is 34.1 Å². The van der Waals surface area contributed by atoms with E-state index in [1.807, 2.05) is 0 Å². The van der Waals surface area contributed by atoms with Crippen LogP contribution < -0.4 is 5.69 Å². The van der Waals surface area contributed by atoms with Gasteiger partial charge in [-0.2, -0.15) is 26.3 Å². The summed E-state index contributed by atoms with van der Waals surface area (Å²) in [5.41, 5.74) is -3.11. The molecule has 0 aliphatic heterocycles. The van der Waals surface area contributed by atoms with Gasteiger partial charge in [0.1, 0.15) is 12.4 Å². The Morgan fingerprint density at radius 3 is 2.30 bits per heavy atom. The zero-order valence-electron chi connectivity index (χ0n) is 22.0. The molecule has 4 aromatic rings. The van der Waals surface area contributed by atoms with Gasteiger partial charge in [-0.15, -0.1) is 10.2 Å². The molecule has 0 amide bonds. The molecule has 1 N–H and O–H groups in total. The maximum Gasteiger partial charge on any atom is 0.418 e. The fourth-order valence-electron chi connectivity index (χ4n) is 4.03. The van der Waals surface area contributed by atoms with Crippen LogP contribution in [0, 0.1) is 5.82 Å². The molecule has 2 heterocycles. The van der Waals surface area contributed by atoms with Crippen LogP contribution in [0.3, 0.4) is 0 Å². The third kappa shape index (κ3) is 7.05. The highest BCUT2D eigenvalue weighted by Gasteiger charge is 2.40. The lowest BCUT2D eigenvalue weighted by Gasteiger charge is -2.16. The van der Waals surface area contributed by atoms with E-state index < -0.39 is 66.4 Å². The second-order valence-electron chi connectivity index (χ2n) is 9.15. The highest BCUT2D eigenvalue weighted by molar-refractivity contribution is 6.30. The van der Waals surface area contributed by atoms with E-state index in [9.17, 15) is 45.4 Å². The molecule has 0 bridgehead atoms. The average molecular weight is 637 g/mol. The van der Waals surface area contributed by atoms with Gasteiger partial charge in [0, 0.05) is 17.5 Å². The molecule has 0 aliphatic carbocycles. The molecule has 230 valence electrons. The molecule has 0 spiro atoms. The second kappa shape index (κ2) is 11.8. The first-order valence-corrected chi connectivity index (χ1v) is 12.5. The minimum atomic E-state index is -5.08. The van der Waals surface area contributed by atoms with Crippen LogP contribution in [0.1, 0.15) is 37.2 Å². The molecule has 2 atom stereocenters. The van der Waals surface area contributed by atoms with Crippen molar-refractivity contribution in [1.82, 2.24) is 29.1 Å². The molecule has 10 nitrogen and oxygen atoms in total. The van der Waals surface area contributed by atoms with Gasteiger partial charge in [-0.05, 0) is 49.4 Å². The molecule has 4 rings (SSSR count). The molecule has 0 aliphatic rings. The number of alkyl halides is 6. The minimum Gasteiger partial charge on any atom is -0.455 e. The molecular weight excluding hydrogens is 617 g/mol. The smallest absolute Gasteiger partial charge is 0.418 e. The molecule has 0 saturated carbocycles. The van der Waals surface area contributed by atoms with Crippen LogP contribution in [0.4, 0.5) is 30.7 Å². The summed E-state index contributed by atoms with van der Waals surface area (Å²) in [5, 5.41) is 18.0. The highest BCUT2D eigenvalue weighted by Crippen LogP contribution is 2.35. The van der Waals surface area contributed by atoms with Crippen molar-refractivity contribution >= 4 is 17.6 Å². The van der Waals surface area contributed by atoms with Crippen molar-refractivity contribution in [3.8, 4) is 17.1 Å². The third-order valence-electron chi connectivity index (χ3n) is 5.92. The van der Waals surface area contributed by atoms with Crippen molar-refractivity contribution < 1.29 is 45.4 Å². The Morgan fingerprint density at radius 1 is 1.07 bits per heavy atom. The summed E-state index contributed by atoms with van der Waals surface area (Å²) in [6, 6.07) is 7.25. The number of benzene rings is 2. The Bertz CT molecular complexity index is 1700. The molecule has 1 unspecified atom stereocenters. The Kier molecular flexibility index (Phi) is 8.69. The quantitative estimate of drug-likeness (QED) is 0.220. The monoisotopic (exact) mass is 636 g/mol. The number of hydrogen-bond donors (Lipinski definition) is 1. The highest BCUT2D eigenvalue weighted by atomic mass is 35.5. The van der Waals surface area contributed by atoms with Crippen LogP contribution in [-0.2, 0) is 28.8 Å². The lowest BCUT2D eigenvalue weighted by Crippen LogP contribution is -2.37. The number of carbonyl (C=O) groups excluding carboxylic acids is 1. The first-order chi connectivity index (χ1) is 20.0. The van der Waals surface area contributed by atoms with Crippen LogP contribution >= 0.6 is 11.6 Å². The Balaban J connectivity index is 1.85. The van der Waals surface area contributed by atoms with Gasteiger partial charge in [-0.3, -0.25) is 9.36 Å². The molecule has 0 fully saturated rings. The zero-order valence-corrected chi connectivity index (χ0v) is 22.7. The first-order valence-electron chi connectivity index (χ1n) is 12.1. The first kappa shape index (κ1) is 31.7. The maximum atomic E-state index is 13.8. The Hall–Kier alpha value is -4.25. The number of rotatable bonds is 8. The van der Waals surface area contributed by atoms with Crippen molar-refractivity contribution in [2.75, 3.05) is 0 Å². The van der Waals surface area contributed by atoms with Gasteiger partial charge in [0.05, 0.1) is 17.8 Å². The van der Waals surface area contributed by atoms with Crippen LogP contribution in [0.2, 0.25) is 5.02 Å². The zero-order chi connectivity index (χ0) is 31.9. The van der Waals surface area contributed by atoms with E-state index in [2.05, 4.69) is 15.2 Å². The normalized spacial score (nSPS) is 13.7. The molecule has 2 aromatic heterocycles. The number of esters is 1. The van der Waals surface area contributed by atoms with Crippen molar-refractivity contribution in [1.29, 1.82) is 0 Å². The fraction of sp³-hybridized carbons (Fsp3) is 0.320. The third-order valence-corrected chi connectivity index (χ3v) is 6.18. The molecule has 43 heavy (non-hydrogen) atoms. The summed E-state index contributed by atoms with van der Waals surface area (Å²) in [6.45, 7) is 0.406. The number of halogens is 8. The average Bonchev–Trinajstić information content (AvgIpc) is 3.45. The van der Waals surface area contributed by atoms with Gasteiger partial charge in [-0.1, -0.05) is 11.6 Å². The van der Waals surface area contributed by atoms with E-state index in [1.165, 1.54) is 31.2 Å². The van der Waals surface area contributed by atoms with E-state index in [4.69, 9.17) is 16.3 Å². The molecule has 18 heteroatoms. The van der Waals surface area contributed by atoms with Gasteiger partial charge >= 0.3 is 24.0 Å². The molecule has 0 radical (unpaired) electrons. The van der Waals surface area contributed by atoms with Crippen LogP contribution in [0.5, 0.6) is 0 Å². The second-order valence-corrected chi connectivity index (χ2v) is 9.58. The van der Waals surface area contributed by atoms with Gasteiger partial charge in [0.15, 0.2) is 29.7 Å². The Morgan fingerprint density at radius 2 is 1.72 bits per heavy atom. The van der Waals surface area contributed by atoms with E-state index >= 15 is 0 Å². The van der Waals surface area contributed by atoms with Gasteiger partial charge in [0.25, 0.3) is 0 Å². The summed E-state index contributed by atoms with van der Waals surface area (Å²) in [4.78, 5) is 28.9. The SMILES string of the molecule is CC(=O)OC(C)c1nc(Cn2nc(-c3ccc(Cl)cc3)n(C[C@H](O)C(F)(F)F)c2=O)nn1-c1ccc(F)cc1C(F)(F)F. The Labute approximate surface area is 241 Å². The van der Waals surface area contributed by atoms with Crippen LogP contribution in [-0.4, -0.2) is 52.5 Å². The predicted molar refractivity (Wildman–Crippen MR) is 135 cm³/mol. The van der Waals surface area contributed by atoms with Crippen molar-refractivity contribution in [3.63, 3.8) is 0 Å². The largest absolute Gasteiger partial charge is 0.455 e. The van der Waals surface area contributed by atoms with Gasteiger partial charge in [0.2, 0.25) is 0 Å². The number of aliphatic hydroxyl groups is 1. The summed E-state index contributed by atoms with van der Waals surface area (Å²) >= 11 is 5.88. The van der Waals surface area contributed by atoms with E-state index in [1.54, 1.807) is 0 Å². The van der Waals surface area contributed by atoms with Crippen molar-refractivity contribution in [2.45, 2.75) is 51.5 Å². The molecule has 2 aromatic carbocycles. The van der Waals surface area contributed by atoms with Crippen molar-refractivity contribution in [3.05, 3.63) is 81.0 Å². The van der Waals surface area contributed by atoms with E-state index in [0.717, 1.165) is 19.1 Å². The summed E-state index contributed by atoms with van der Waals surface area (Å²) in [6.07, 6.45) is -14.4. The maximum absolute atomic E-state index is 13.8. The number of aliphatic hydroxyl groups excluding tert-OH is 1. The number of aromatic nitrogens is 6. The lowest BCUT2D eigenvalue weighted by molar-refractivity contribution is -0.207.